The lowest BCUT2D eigenvalue weighted by molar-refractivity contribution is -0.380. The van der Waals surface area contributed by atoms with Crippen LogP contribution >= 0.6 is 11.3 Å². The van der Waals surface area contributed by atoms with Gasteiger partial charge in [-0.2, -0.15) is 0 Å². The molecule has 1 aliphatic heterocycles. The molecule has 0 atom stereocenters. The van der Waals surface area contributed by atoms with Crippen LogP contribution in [0.5, 0.6) is 0 Å². The highest BCUT2D eigenvalue weighted by molar-refractivity contribution is 7.17. The van der Waals surface area contributed by atoms with Crippen molar-refractivity contribution in [1.82, 2.24) is 9.80 Å². The van der Waals surface area contributed by atoms with Gasteiger partial charge in [0.15, 0.2) is 0 Å². The standard InChI is InChI=1S/C12H15N3O5S/c16-11(17)8-13-4-1-5-14(7-6-13)12(18)9-2-3-10(21-9)15(19)20/h2-3H,1,4-8H2,(H,16,17). The molecule has 1 aromatic heterocycles. The smallest absolute Gasteiger partial charge is 0.324 e. The Kier molecular flexibility index (Phi) is 4.86. The largest absolute Gasteiger partial charge is 0.480 e. The van der Waals surface area contributed by atoms with E-state index in [0.29, 0.717) is 37.5 Å². The van der Waals surface area contributed by atoms with Gasteiger partial charge in [-0.3, -0.25) is 24.6 Å². The van der Waals surface area contributed by atoms with Crippen LogP contribution in [0.2, 0.25) is 0 Å². The summed E-state index contributed by atoms with van der Waals surface area (Å²) in [6.07, 6.45) is 0.687. The summed E-state index contributed by atoms with van der Waals surface area (Å²) in [5, 5.41) is 19.4. The first-order valence-electron chi connectivity index (χ1n) is 6.45. The Balaban J connectivity index is 1.99. The van der Waals surface area contributed by atoms with Crippen LogP contribution in [-0.2, 0) is 4.79 Å². The van der Waals surface area contributed by atoms with Crippen molar-refractivity contribution in [2.24, 2.45) is 0 Å². The van der Waals surface area contributed by atoms with E-state index in [0.717, 1.165) is 11.3 Å². The van der Waals surface area contributed by atoms with Gasteiger partial charge in [-0.1, -0.05) is 11.3 Å². The summed E-state index contributed by atoms with van der Waals surface area (Å²) < 4.78 is 0. The van der Waals surface area contributed by atoms with E-state index in [2.05, 4.69) is 0 Å². The number of carbonyl (C=O) groups excluding carboxylic acids is 1. The molecule has 0 spiro atoms. The van der Waals surface area contributed by atoms with E-state index in [1.54, 1.807) is 9.80 Å². The first-order valence-corrected chi connectivity index (χ1v) is 7.26. The van der Waals surface area contributed by atoms with Crippen LogP contribution in [0.1, 0.15) is 16.1 Å². The zero-order valence-electron chi connectivity index (χ0n) is 11.2. The number of carboxylic acids is 1. The molecule has 0 aromatic carbocycles. The molecule has 1 N–H and O–H groups in total. The molecule has 1 aromatic rings. The Labute approximate surface area is 124 Å². The molecule has 114 valence electrons. The van der Waals surface area contributed by atoms with Gasteiger partial charge >= 0.3 is 11.0 Å². The molecule has 1 amide bonds. The molecule has 0 bridgehead atoms. The highest BCUT2D eigenvalue weighted by Crippen LogP contribution is 2.25. The van der Waals surface area contributed by atoms with Crippen LogP contribution in [0.4, 0.5) is 5.00 Å². The third-order valence-corrected chi connectivity index (χ3v) is 4.24. The minimum absolute atomic E-state index is 0.0352. The monoisotopic (exact) mass is 313 g/mol. The number of rotatable bonds is 4. The molecular weight excluding hydrogens is 298 g/mol. The molecule has 1 saturated heterocycles. The zero-order chi connectivity index (χ0) is 15.4. The SMILES string of the molecule is O=C(O)CN1CCCN(C(=O)c2ccc([N+](=O)[O-])s2)CC1. The minimum Gasteiger partial charge on any atom is -0.480 e. The predicted octanol–water partition coefficient (Wildman–Crippen LogP) is 0.889. The maximum absolute atomic E-state index is 12.3. The van der Waals surface area contributed by atoms with Gasteiger partial charge in [0.05, 0.1) is 16.3 Å². The van der Waals surface area contributed by atoms with E-state index in [1.165, 1.54) is 12.1 Å². The van der Waals surface area contributed by atoms with Gasteiger partial charge in [-0.15, -0.1) is 0 Å². The molecule has 8 nitrogen and oxygen atoms in total. The fraction of sp³-hybridized carbons (Fsp3) is 0.500. The van der Waals surface area contributed by atoms with Gasteiger partial charge in [0.25, 0.3) is 5.91 Å². The Morgan fingerprint density at radius 2 is 2.05 bits per heavy atom. The van der Waals surface area contributed by atoms with Crippen molar-refractivity contribution in [3.05, 3.63) is 27.1 Å². The van der Waals surface area contributed by atoms with E-state index in [9.17, 15) is 19.7 Å². The first-order chi connectivity index (χ1) is 9.97. The highest BCUT2D eigenvalue weighted by Gasteiger charge is 2.23. The van der Waals surface area contributed by atoms with Crippen molar-refractivity contribution in [1.29, 1.82) is 0 Å². The quantitative estimate of drug-likeness (QED) is 0.654. The number of thiophene rings is 1. The van der Waals surface area contributed by atoms with Gasteiger partial charge in [-0.25, -0.2) is 0 Å². The van der Waals surface area contributed by atoms with Crippen molar-refractivity contribution < 1.29 is 19.6 Å². The molecule has 0 aliphatic carbocycles. The third kappa shape index (κ3) is 3.99. The second-order valence-corrected chi connectivity index (χ2v) is 5.77. The lowest BCUT2D eigenvalue weighted by atomic mass is 10.3. The van der Waals surface area contributed by atoms with E-state index in [1.807, 2.05) is 0 Å². The number of aliphatic carboxylic acids is 1. The van der Waals surface area contributed by atoms with Crippen LogP contribution < -0.4 is 0 Å². The molecule has 9 heteroatoms. The van der Waals surface area contributed by atoms with Gasteiger partial charge in [-0.05, 0) is 12.5 Å². The van der Waals surface area contributed by atoms with E-state index >= 15 is 0 Å². The van der Waals surface area contributed by atoms with Gasteiger partial charge in [0.1, 0.15) is 0 Å². The Bertz CT molecular complexity index is 559. The molecule has 1 aliphatic rings. The van der Waals surface area contributed by atoms with Crippen molar-refractivity contribution in [2.75, 3.05) is 32.7 Å². The fourth-order valence-electron chi connectivity index (χ4n) is 2.22. The van der Waals surface area contributed by atoms with Crippen LogP contribution in [-0.4, -0.2) is 64.4 Å². The topological polar surface area (TPSA) is 104 Å². The van der Waals surface area contributed by atoms with Gasteiger partial charge in [0.2, 0.25) is 0 Å². The highest BCUT2D eigenvalue weighted by atomic mass is 32.1. The van der Waals surface area contributed by atoms with Gasteiger partial charge in [0, 0.05) is 32.2 Å². The van der Waals surface area contributed by atoms with Crippen LogP contribution in [0.25, 0.3) is 0 Å². The van der Waals surface area contributed by atoms with Crippen LogP contribution in [0.15, 0.2) is 12.1 Å². The van der Waals surface area contributed by atoms with Crippen molar-refractivity contribution in [2.45, 2.75) is 6.42 Å². The van der Waals surface area contributed by atoms with Crippen molar-refractivity contribution in [3.63, 3.8) is 0 Å². The normalized spacial score (nSPS) is 16.5. The first kappa shape index (κ1) is 15.4. The lowest BCUT2D eigenvalue weighted by Crippen LogP contribution is -2.36. The maximum Gasteiger partial charge on any atom is 0.324 e. The number of amides is 1. The molecule has 21 heavy (non-hydrogen) atoms. The average Bonchev–Trinajstić information content (AvgIpc) is 2.80. The summed E-state index contributed by atoms with van der Waals surface area (Å²) in [5.41, 5.74) is 0. The number of hydrogen-bond donors (Lipinski definition) is 1. The summed E-state index contributed by atoms with van der Waals surface area (Å²) in [6, 6.07) is 2.79. The van der Waals surface area contributed by atoms with Crippen molar-refractivity contribution in [3.8, 4) is 0 Å². The number of hydrogen-bond acceptors (Lipinski definition) is 6. The van der Waals surface area contributed by atoms with Crippen LogP contribution in [0.3, 0.4) is 0 Å². The third-order valence-electron chi connectivity index (χ3n) is 3.22. The molecule has 0 radical (unpaired) electrons. The molecular formula is C12H15N3O5S. The van der Waals surface area contributed by atoms with E-state index in [-0.39, 0.29) is 17.5 Å². The number of carboxylic acid groups (broad SMARTS) is 1. The Hall–Kier alpha value is -2.00. The predicted molar refractivity (Wildman–Crippen MR) is 75.6 cm³/mol. The zero-order valence-corrected chi connectivity index (χ0v) is 12.0. The maximum atomic E-state index is 12.3. The lowest BCUT2D eigenvalue weighted by Gasteiger charge is -2.20. The summed E-state index contributed by atoms with van der Waals surface area (Å²) in [6.45, 7) is 2.04. The second-order valence-electron chi connectivity index (χ2n) is 4.71. The summed E-state index contributed by atoms with van der Waals surface area (Å²) in [4.78, 5) is 36.9. The van der Waals surface area contributed by atoms with Gasteiger partial charge < -0.3 is 10.0 Å². The van der Waals surface area contributed by atoms with E-state index in [4.69, 9.17) is 5.11 Å². The fourth-order valence-corrected chi connectivity index (χ4v) is 3.01. The Morgan fingerprint density at radius 3 is 2.67 bits per heavy atom. The summed E-state index contributed by atoms with van der Waals surface area (Å²) >= 11 is 0.863. The Morgan fingerprint density at radius 1 is 1.29 bits per heavy atom. The number of carbonyl (C=O) groups is 2. The molecule has 0 unspecified atom stereocenters. The average molecular weight is 313 g/mol. The number of nitrogens with zero attached hydrogens (tertiary/aromatic N) is 3. The summed E-state index contributed by atoms with van der Waals surface area (Å²) in [7, 11) is 0. The summed E-state index contributed by atoms with van der Waals surface area (Å²) in [5.74, 6) is -1.12. The molecule has 2 heterocycles. The van der Waals surface area contributed by atoms with E-state index < -0.39 is 10.9 Å². The number of nitro groups is 1. The molecule has 2 rings (SSSR count). The molecule has 1 fully saturated rings. The van der Waals surface area contributed by atoms with Crippen molar-refractivity contribution >= 4 is 28.2 Å². The minimum atomic E-state index is -0.886. The van der Waals surface area contributed by atoms with Crippen LogP contribution in [0, 0.1) is 10.1 Å². The molecule has 0 saturated carbocycles. The second kappa shape index (κ2) is 6.64.